The second kappa shape index (κ2) is 12.7. The van der Waals surface area contributed by atoms with E-state index in [1.54, 1.807) is 18.2 Å². The van der Waals surface area contributed by atoms with Gasteiger partial charge in [-0.2, -0.15) is 5.26 Å². The van der Waals surface area contributed by atoms with E-state index in [2.05, 4.69) is 27.9 Å². The summed E-state index contributed by atoms with van der Waals surface area (Å²) in [6.45, 7) is 0.292. The third-order valence-corrected chi connectivity index (χ3v) is 6.25. The number of nitrogens with zero attached hydrogens (tertiary/aromatic N) is 1. The van der Waals surface area contributed by atoms with Crippen molar-refractivity contribution in [2.45, 2.75) is 6.61 Å². The lowest BCUT2D eigenvalue weighted by molar-refractivity contribution is -0.112. The summed E-state index contributed by atoms with van der Waals surface area (Å²) in [5.74, 6) is 1.04. The Morgan fingerprint density at radius 2 is 1.75 bits per heavy atom. The van der Waals surface area contributed by atoms with Gasteiger partial charge >= 0.3 is 0 Å². The van der Waals surface area contributed by atoms with E-state index >= 15 is 0 Å². The Morgan fingerprint density at radius 1 is 1.03 bits per heavy atom. The number of anilines is 1. The highest BCUT2D eigenvalue weighted by Gasteiger charge is 2.17. The van der Waals surface area contributed by atoms with Crippen molar-refractivity contribution in [3.63, 3.8) is 0 Å². The van der Waals surface area contributed by atoms with Crippen molar-refractivity contribution in [3.8, 4) is 29.1 Å². The van der Waals surface area contributed by atoms with E-state index in [4.69, 9.17) is 42.1 Å². The molecular weight excluding hydrogens is 618 g/mol. The first-order valence-electron chi connectivity index (χ1n) is 10.4. The molecule has 3 aromatic carbocycles. The summed E-state index contributed by atoms with van der Waals surface area (Å²) in [6, 6.07) is 15.8. The quantitative estimate of drug-likeness (QED) is 0.158. The average Bonchev–Trinajstić information content (AvgIpc) is 2.86. The van der Waals surface area contributed by atoms with E-state index in [9.17, 15) is 10.1 Å². The normalized spacial score (nSPS) is 10.9. The van der Waals surface area contributed by atoms with Crippen LogP contribution in [0.15, 0.2) is 54.1 Å². The van der Waals surface area contributed by atoms with Crippen molar-refractivity contribution in [1.82, 2.24) is 0 Å². The van der Waals surface area contributed by atoms with Crippen molar-refractivity contribution in [1.29, 1.82) is 5.26 Å². The van der Waals surface area contributed by atoms with Gasteiger partial charge in [-0.15, -0.1) is 0 Å². The fourth-order valence-corrected chi connectivity index (χ4v) is 4.43. The van der Waals surface area contributed by atoms with Gasteiger partial charge in [0.05, 0.1) is 35.6 Å². The Hall–Kier alpha value is -3.13. The highest BCUT2D eigenvalue weighted by atomic mass is 127. The molecule has 0 bridgehead atoms. The summed E-state index contributed by atoms with van der Waals surface area (Å²) in [5, 5.41) is 13.3. The minimum Gasteiger partial charge on any atom is -0.495 e. The molecule has 36 heavy (non-hydrogen) atoms. The predicted molar refractivity (Wildman–Crippen MR) is 148 cm³/mol. The van der Waals surface area contributed by atoms with Crippen LogP contribution in [-0.2, 0) is 11.4 Å². The number of methoxy groups -OCH3 is 3. The first kappa shape index (κ1) is 27.5. The van der Waals surface area contributed by atoms with E-state index < -0.39 is 5.91 Å². The molecule has 0 aliphatic carbocycles. The summed E-state index contributed by atoms with van der Waals surface area (Å²) >= 11 is 14.3. The average molecular weight is 639 g/mol. The van der Waals surface area contributed by atoms with Crippen LogP contribution in [0.5, 0.6) is 23.0 Å². The van der Waals surface area contributed by atoms with Gasteiger partial charge in [0.15, 0.2) is 11.5 Å². The minimum atomic E-state index is -0.629. The number of halogens is 3. The molecule has 0 aliphatic rings. The van der Waals surface area contributed by atoms with Gasteiger partial charge in [-0.3, -0.25) is 4.79 Å². The van der Waals surface area contributed by atoms with Gasteiger partial charge in [-0.05, 0) is 64.1 Å². The molecule has 0 fully saturated rings. The molecular formula is C26H21Cl2IN2O5. The predicted octanol–water partition coefficient (Wildman–Crippen LogP) is 6.75. The zero-order valence-electron chi connectivity index (χ0n) is 19.5. The number of rotatable bonds is 9. The van der Waals surface area contributed by atoms with E-state index in [1.165, 1.54) is 39.5 Å². The number of benzene rings is 3. The topological polar surface area (TPSA) is 89.8 Å². The molecule has 0 spiro atoms. The highest BCUT2D eigenvalue weighted by Crippen LogP contribution is 2.37. The molecule has 0 saturated carbocycles. The summed E-state index contributed by atoms with van der Waals surface area (Å²) in [7, 11) is 4.42. The summed E-state index contributed by atoms with van der Waals surface area (Å²) < 4.78 is 22.7. The largest absolute Gasteiger partial charge is 0.495 e. The van der Waals surface area contributed by atoms with Crippen LogP contribution in [0.3, 0.4) is 0 Å². The number of nitriles is 1. The Morgan fingerprint density at radius 3 is 2.39 bits per heavy atom. The molecule has 7 nitrogen and oxygen atoms in total. The van der Waals surface area contributed by atoms with E-state index in [0.717, 1.165) is 9.13 Å². The van der Waals surface area contributed by atoms with Gasteiger partial charge in [0.25, 0.3) is 5.91 Å². The van der Waals surface area contributed by atoms with Crippen LogP contribution < -0.4 is 24.3 Å². The Bertz CT molecular complexity index is 1350. The van der Waals surface area contributed by atoms with Crippen molar-refractivity contribution < 1.29 is 23.7 Å². The molecule has 3 rings (SSSR count). The third kappa shape index (κ3) is 6.75. The lowest BCUT2D eigenvalue weighted by Gasteiger charge is -2.14. The van der Waals surface area contributed by atoms with Gasteiger partial charge < -0.3 is 24.3 Å². The van der Waals surface area contributed by atoms with Gasteiger partial charge in [-0.1, -0.05) is 35.3 Å². The van der Waals surface area contributed by atoms with Crippen LogP contribution in [-0.4, -0.2) is 27.2 Å². The zero-order valence-corrected chi connectivity index (χ0v) is 23.2. The molecule has 0 radical (unpaired) electrons. The number of hydrogen-bond donors (Lipinski definition) is 1. The van der Waals surface area contributed by atoms with E-state index in [0.29, 0.717) is 50.9 Å². The van der Waals surface area contributed by atoms with Gasteiger partial charge in [0.1, 0.15) is 29.7 Å². The number of carbonyl (C=O) groups is 1. The minimum absolute atomic E-state index is 0.128. The zero-order chi connectivity index (χ0) is 26.2. The van der Waals surface area contributed by atoms with Gasteiger partial charge in [-0.25, -0.2) is 0 Å². The molecule has 0 heterocycles. The molecule has 3 aromatic rings. The van der Waals surface area contributed by atoms with Crippen molar-refractivity contribution >= 4 is 63.5 Å². The smallest absolute Gasteiger partial charge is 0.266 e. The van der Waals surface area contributed by atoms with Gasteiger partial charge in [0, 0.05) is 17.2 Å². The van der Waals surface area contributed by atoms with Crippen molar-refractivity contribution in [3.05, 3.63) is 78.8 Å². The molecule has 0 aliphatic heterocycles. The standard InChI is InChI=1S/C26H21Cl2IN2O5/c1-33-22-12-21(23(34-2)11-19(22)28)31-26(32)17(13-30)7-16-9-20(29)25(24(10-16)35-3)36-14-15-5-4-6-18(27)8-15/h4-12H,14H2,1-3H3,(H,31,32)/b17-7+. The van der Waals surface area contributed by atoms with Crippen LogP contribution in [0.4, 0.5) is 5.69 Å². The highest BCUT2D eigenvalue weighted by molar-refractivity contribution is 14.1. The maximum atomic E-state index is 12.9. The van der Waals surface area contributed by atoms with Crippen LogP contribution in [0.2, 0.25) is 10.0 Å². The number of nitrogens with one attached hydrogen (secondary N) is 1. The molecule has 0 atom stereocenters. The van der Waals surface area contributed by atoms with Crippen LogP contribution in [0.25, 0.3) is 6.08 Å². The van der Waals surface area contributed by atoms with E-state index in [1.807, 2.05) is 24.3 Å². The Kier molecular flexibility index (Phi) is 9.70. The monoisotopic (exact) mass is 638 g/mol. The number of amides is 1. The number of carbonyl (C=O) groups excluding carboxylic acids is 1. The summed E-state index contributed by atoms with van der Waals surface area (Å²) in [4.78, 5) is 12.9. The molecule has 1 amide bonds. The molecule has 186 valence electrons. The third-order valence-electron chi connectivity index (χ3n) is 4.92. The van der Waals surface area contributed by atoms with Crippen LogP contribution >= 0.6 is 45.8 Å². The van der Waals surface area contributed by atoms with Crippen LogP contribution in [0.1, 0.15) is 11.1 Å². The lowest BCUT2D eigenvalue weighted by atomic mass is 10.1. The van der Waals surface area contributed by atoms with E-state index in [-0.39, 0.29) is 5.57 Å². The summed E-state index contributed by atoms with van der Waals surface area (Å²) in [6.07, 6.45) is 1.46. The maximum Gasteiger partial charge on any atom is 0.266 e. The summed E-state index contributed by atoms with van der Waals surface area (Å²) in [5.41, 5.74) is 1.67. The maximum absolute atomic E-state index is 12.9. The number of hydrogen-bond acceptors (Lipinski definition) is 6. The van der Waals surface area contributed by atoms with Crippen molar-refractivity contribution in [2.75, 3.05) is 26.6 Å². The van der Waals surface area contributed by atoms with Crippen molar-refractivity contribution in [2.24, 2.45) is 0 Å². The van der Waals surface area contributed by atoms with Gasteiger partial charge in [0.2, 0.25) is 0 Å². The molecule has 1 N–H and O–H groups in total. The second-order valence-electron chi connectivity index (χ2n) is 7.26. The second-order valence-corrected chi connectivity index (χ2v) is 9.27. The molecule has 0 saturated heterocycles. The first-order chi connectivity index (χ1) is 17.3. The van der Waals surface area contributed by atoms with Crippen LogP contribution in [0, 0.1) is 14.9 Å². The molecule has 10 heteroatoms. The number of ether oxygens (including phenoxy) is 4. The fraction of sp³-hybridized carbons (Fsp3) is 0.154. The molecule has 0 unspecified atom stereocenters. The Balaban J connectivity index is 1.86. The lowest BCUT2D eigenvalue weighted by Crippen LogP contribution is -2.14. The SMILES string of the molecule is COc1cc(NC(=O)/C(C#N)=C/c2cc(I)c(OCc3cccc(Cl)c3)c(OC)c2)c(OC)cc1Cl. The Labute approximate surface area is 232 Å². The fourth-order valence-electron chi connectivity index (χ4n) is 3.21. The molecule has 0 aromatic heterocycles. The first-order valence-corrected chi connectivity index (χ1v) is 12.2.